The lowest BCUT2D eigenvalue weighted by Gasteiger charge is -2.20. The molecule has 0 aromatic heterocycles. The first kappa shape index (κ1) is 12.8. The van der Waals surface area contributed by atoms with Crippen LogP contribution in [0.3, 0.4) is 0 Å². The van der Waals surface area contributed by atoms with E-state index in [9.17, 15) is 14.4 Å². The maximum absolute atomic E-state index is 12.1. The minimum Gasteiger partial charge on any atom is -0.480 e. The fourth-order valence-corrected chi connectivity index (χ4v) is 2.15. The molecule has 2 rings (SSSR count). The summed E-state index contributed by atoms with van der Waals surface area (Å²) < 4.78 is 0.825. The number of halogens is 1. The first-order valence-corrected chi connectivity index (χ1v) is 6.09. The van der Waals surface area contributed by atoms with Crippen LogP contribution in [0.1, 0.15) is 16.8 Å². The molecule has 1 aromatic rings. The monoisotopic (exact) mass is 311 g/mol. The quantitative estimate of drug-likeness (QED) is 0.894. The molecule has 1 unspecified atom stereocenters. The Morgan fingerprint density at radius 2 is 1.89 bits per heavy atom. The maximum Gasteiger partial charge on any atom is 0.326 e. The number of Topliss-reactive ketones (excluding diaryl/α,β-unsaturated/α-hetero) is 1. The van der Waals surface area contributed by atoms with Gasteiger partial charge in [0.05, 0.1) is 6.54 Å². The Balaban J connectivity index is 2.25. The number of carboxylic acid groups (broad SMARTS) is 1. The van der Waals surface area contributed by atoms with E-state index in [-0.39, 0.29) is 18.7 Å². The average Bonchev–Trinajstić information content (AvgIpc) is 2.71. The predicted molar refractivity (Wildman–Crippen MR) is 66.2 cm³/mol. The highest BCUT2D eigenvalue weighted by Crippen LogP contribution is 2.19. The number of carboxylic acids is 1. The lowest BCUT2D eigenvalue weighted by Crippen LogP contribution is -2.40. The van der Waals surface area contributed by atoms with Crippen molar-refractivity contribution in [3.8, 4) is 0 Å². The Labute approximate surface area is 112 Å². The Morgan fingerprint density at radius 3 is 2.44 bits per heavy atom. The van der Waals surface area contributed by atoms with Gasteiger partial charge in [-0.15, -0.1) is 0 Å². The first-order chi connectivity index (χ1) is 8.49. The van der Waals surface area contributed by atoms with Crippen LogP contribution in [-0.2, 0) is 9.59 Å². The normalized spacial score (nSPS) is 19.1. The fourth-order valence-electron chi connectivity index (χ4n) is 1.88. The van der Waals surface area contributed by atoms with Crippen molar-refractivity contribution in [1.82, 2.24) is 4.90 Å². The van der Waals surface area contributed by atoms with Crippen molar-refractivity contribution in [2.75, 3.05) is 6.54 Å². The maximum atomic E-state index is 12.1. The number of likely N-dealkylation sites (tertiary alicyclic amines) is 1. The van der Waals surface area contributed by atoms with Gasteiger partial charge in [0.2, 0.25) is 0 Å². The van der Waals surface area contributed by atoms with E-state index in [0.717, 1.165) is 9.37 Å². The van der Waals surface area contributed by atoms with Crippen molar-refractivity contribution in [3.63, 3.8) is 0 Å². The van der Waals surface area contributed by atoms with Crippen LogP contribution in [0.2, 0.25) is 0 Å². The third-order valence-corrected chi connectivity index (χ3v) is 3.31. The van der Waals surface area contributed by atoms with Crippen molar-refractivity contribution >= 4 is 33.6 Å². The van der Waals surface area contributed by atoms with Crippen molar-refractivity contribution in [2.45, 2.75) is 12.5 Å². The molecule has 0 radical (unpaired) electrons. The Kier molecular flexibility index (Phi) is 3.47. The highest BCUT2D eigenvalue weighted by atomic mass is 79.9. The molecule has 5 nitrogen and oxygen atoms in total. The van der Waals surface area contributed by atoms with E-state index < -0.39 is 17.9 Å². The summed E-state index contributed by atoms with van der Waals surface area (Å²) >= 11 is 3.25. The zero-order valence-electron chi connectivity index (χ0n) is 9.30. The third-order valence-electron chi connectivity index (χ3n) is 2.78. The van der Waals surface area contributed by atoms with Gasteiger partial charge in [-0.25, -0.2) is 4.79 Å². The highest BCUT2D eigenvalue weighted by Gasteiger charge is 2.38. The summed E-state index contributed by atoms with van der Waals surface area (Å²) in [6, 6.07) is 5.53. The molecule has 1 saturated heterocycles. The van der Waals surface area contributed by atoms with Crippen LogP contribution in [0, 0.1) is 0 Å². The van der Waals surface area contributed by atoms with E-state index in [4.69, 9.17) is 5.11 Å². The molecule has 1 atom stereocenters. The van der Waals surface area contributed by atoms with E-state index in [2.05, 4.69) is 15.9 Å². The smallest absolute Gasteiger partial charge is 0.326 e. The number of aliphatic carboxylic acids is 1. The zero-order chi connectivity index (χ0) is 13.3. The summed E-state index contributed by atoms with van der Waals surface area (Å²) in [6.07, 6.45) is -0.113. The van der Waals surface area contributed by atoms with Gasteiger partial charge in [-0.1, -0.05) is 15.9 Å². The number of ketones is 1. The lowest BCUT2D eigenvalue weighted by atomic mass is 10.1. The van der Waals surface area contributed by atoms with Crippen molar-refractivity contribution in [2.24, 2.45) is 0 Å². The minimum atomic E-state index is -1.15. The number of nitrogens with zero attached hydrogens (tertiary/aromatic N) is 1. The van der Waals surface area contributed by atoms with Gasteiger partial charge in [0.15, 0.2) is 5.78 Å². The molecule has 1 N–H and O–H groups in total. The third kappa shape index (κ3) is 2.43. The largest absolute Gasteiger partial charge is 0.480 e. The van der Waals surface area contributed by atoms with Crippen LogP contribution in [0.15, 0.2) is 28.7 Å². The summed E-state index contributed by atoms with van der Waals surface area (Å²) in [6.45, 7) is -0.133. The number of hydrogen-bond donors (Lipinski definition) is 1. The van der Waals surface area contributed by atoms with Crippen LogP contribution in [0.5, 0.6) is 0 Å². The van der Waals surface area contributed by atoms with Gasteiger partial charge in [-0.2, -0.15) is 0 Å². The molecule has 1 heterocycles. The molecule has 0 bridgehead atoms. The van der Waals surface area contributed by atoms with Gasteiger partial charge in [-0.05, 0) is 24.3 Å². The van der Waals surface area contributed by atoms with Crippen LogP contribution in [0.25, 0.3) is 0 Å². The second-order valence-corrected chi connectivity index (χ2v) is 4.95. The highest BCUT2D eigenvalue weighted by molar-refractivity contribution is 9.10. The molecule has 1 aliphatic heterocycles. The molecule has 0 spiro atoms. The Bertz CT molecular complexity index is 511. The van der Waals surface area contributed by atoms with Gasteiger partial charge < -0.3 is 10.0 Å². The van der Waals surface area contributed by atoms with E-state index >= 15 is 0 Å². The molecule has 1 aromatic carbocycles. The Hall–Kier alpha value is -1.69. The standard InChI is InChI=1S/C12H10BrNO4/c13-8-3-1-7(2-4-8)11(16)14-6-9(15)5-10(14)12(17)18/h1-4,10H,5-6H2,(H,17,18). The van der Waals surface area contributed by atoms with Crippen molar-refractivity contribution in [3.05, 3.63) is 34.3 Å². The van der Waals surface area contributed by atoms with Crippen LogP contribution < -0.4 is 0 Å². The van der Waals surface area contributed by atoms with Crippen LogP contribution >= 0.6 is 15.9 Å². The summed E-state index contributed by atoms with van der Waals surface area (Å²) in [7, 11) is 0. The second kappa shape index (κ2) is 4.89. The first-order valence-electron chi connectivity index (χ1n) is 5.30. The van der Waals surface area contributed by atoms with Gasteiger partial charge in [0, 0.05) is 16.5 Å². The predicted octanol–water partition coefficient (Wildman–Crippen LogP) is 1.32. The number of amides is 1. The lowest BCUT2D eigenvalue weighted by molar-refractivity contribution is -0.141. The summed E-state index contributed by atoms with van der Waals surface area (Å²) in [5, 5.41) is 8.99. The molecule has 1 aliphatic rings. The van der Waals surface area contributed by atoms with Gasteiger partial charge in [0.25, 0.3) is 5.91 Å². The summed E-state index contributed by atoms with van der Waals surface area (Å²) in [4.78, 5) is 35.5. The number of carbonyl (C=O) groups is 3. The number of carbonyl (C=O) groups excluding carboxylic acids is 2. The van der Waals surface area contributed by atoms with E-state index in [0.29, 0.717) is 5.56 Å². The molecule has 1 fully saturated rings. The van der Waals surface area contributed by atoms with E-state index in [1.165, 1.54) is 0 Å². The SMILES string of the molecule is O=C1CC(C(=O)O)N(C(=O)c2ccc(Br)cc2)C1. The topological polar surface area (TPSA) is 74.7 Å². The summed E-state index contributed by atoms with van der Waals surface area (Å²) in [5.74, 6) is -1.81. The van der Waals surface area contributed by atoms with Gasteiger partial charge in [-0.3, -0.25) is 9.59 Å². The van der Waals surface area contributed by atoms with Crippen molar-refractivity contribution in [1.29, 1.82) is 0 Å². The van der Waals surface area contributed by atoms with E-state index in [1.54, 1.807) is 24.3 Å². The molecule has 0 aliphatic carbocycles. The fraction of sp³-hybridized carbons (Fsp3) is 0.250. The molecule has 94 valence electrons. The summed E-state index contributed by atoms with van der Waals surface area (Å²) in [5.41, 5.74) is 0.374. The van der Waals surface area contributed by atoms with E-state index in [1.807, 2.05) is 0 Å². The second-order valence-electron chi connectivity index (χ2n) is 4.04. The van der Waals surface area contributed by atoms with Crippen LogP contribution in [0.4, 0.5) is 0 Å². The average molecular weight is 312 g/mol. The molecule has 0 saturated carbocycles. The molecular formula is C12H10BrNO4. The Morgan fingerprint density at radius 1 is 1.28 bits per heavy atom. The van der Waals surface area contributed by atoms with Gasteiger partial charge >= 0.3 is 5.97 Å². The number of benzene rings is 1. The molecule has 6 heteroatoms. The number of rotatable bonds is 2. The molecule has 1 amide bonds. The van der Waals surface area contributed by atoms with Crippen molar-refractivity contribution < 1.29 is 19.5 Å². The number of hydrogen-bond acceptors (Lipinski definition) is 3. The molecule has 18 heavy (non-hydrogen) atoms. The van der Waals surface area contributed by atoms with Gasteiger partial charge in [0.1, 0.15) is 6.04 Å². The zero-order valence-corrected chi connectivity index (χ0v) is 10.9. The minimum absolute atomic E-state index is 0.113. The molecular weight excluding hydrogens is 302 g/mol. The van der Waals surface area contributed by atoms with Crippen LogP contribution in [-0.4, -0.2) is 40.3 Å².